The number of hydrogen-bond donors (Lipinski definition) is 0. The van der Waals surface area contributed by atoms with Crippen LogP contribution in [-0.4, -0.2) is 34.7 Å². The predicted octanol–water partition coefficient (Wildman–Crippen LogP) is 3.23. The third-order valence-electron chi connectivity index (χ3n) is 3.90. The van der Waals surface area contributed by atoms with Gasteiger partial charge in [-0.15, -0.1) is 0 Å². The maximum absolute atomic E-state index is 12.0. The van der Waals surface area contributed by atoms with Crippen molar-refractivity contribution in [3.05, 3.63) is 16.9 Å². The Morgan fingerprint density at radius 1 is 1.42 bits per heavy atom. The van der Waals surface area contributed by atoms with Crippen molar-refractivity contribution in [3.63, 3.8) is 0 Å². The van der Waals surface area contributed by atoms with E-state index in [9.17, 15) is 4.79 Å². The standard InChI is InChI=1S/C14H22ClN3O/c1-10(14(19)17(2)3)18-9-12(15)13(16-18)11-7-5-4-6-8-11/h9-11H,4-8H2,1-3H3. The smallest absolute Gasteiger partial charge is 0.246 e. The van der Waals surface area contributed by atoms with E-state index in [1.165, 1.54) is 19.3 Å². The molecule has 1 aromatic heterocycles. The lowest BCUT2D eigenvalue weighted by atomic mass is 9.87. The maximum Gasteiger partial charge on any atom is 0.246 e. The molecule has 0 N–H and O–H groups in total. The number of rotatable bonds is 3. The number of aromatic nitrogens is 2. The Morgan fingerprint density at radius 3 is 2.63 bits per heavy atom. The van der Waals surface area contributed by atoms with Gasteiger partial charge in [-0.1, -0.05) is 30.9 Å². The second-order valence-corrected chi connectivity index (χ2v) is 5.99. The van der Waals surface area contributed by atoms with Gasteiger partial charge in [0, 0.05) is 26.2 Å². The summed E-state index contributed by atoms with van der Waals surface area (Å²) < 4.78 is 1.70. The molecule has 5 heteroatoms. The van der Waals surface area contributed by atoms with E-state index in [0.717, 1.165) is 18.5 Å². The van der Waals surface area contributed by atoms with Gasteiger partial charge in [-0.2, -0.15) is 5.10 Å². The van der Waals surface area contributed by atoms with Gasteiger partial charge in [0.05, 0.1) is 10.7 Å². The number of nitrogens with zero attached hydrogens (tertiary/aromatic N) is 3. The van der Waals surface area contributed by atoms with Crippen molar-refractivity contribution < 1.29 is 4.79 Å². The van der Waals surface area contributed by atoms with E-state index in [1.807, 2.05) is 6.92 Å². The topological polar surface area (TPSA) is 38.1 Å². The lowest BCUT2D eigenvalue weighted by molar-refractivity contribution is -0.131. The van der Waals surface area contributed by atoms with Crippen molar-refractivity contribution in [3.8, 4) is 0 Å². The van der Waals surface area contributed by atoms with Crippen LogP contribution < -0.4 is 0 Å². The minimum atomic E-state index is -0.301. The average molecular weight is 284 g/mol. The summed E-state index contributed by atoms with van der Waals surface area (Å²) >= 11 is 6.30. The Bertz CT molecular complexity index is 450. The minimum absolute atomic E-state index is 0.0364. The molecule has 106 valence electrons. The summed E-state index contributed by atoms with van der Waals surface area (Å²) in [4.78, 5) is 13.5. The Balaban J connectivity index is 2.18. The first kappa shape index (κ1) is 14.4. The molecule has 1 unspecified atom stereocenters. The molecular weight excluding hydrogens is 262 g/mol. The summed E-state index contributed by atoms with van der Waals surface area (Å²) in [6, 6.07) is -0.301. The maximum atomic E-state index is 12.0. The van der Waals surface area contributed by atoms with Crippen LogP contribution in [0.3, 0.4) is 0 Å². The van der Waals surface area contributed by atoms with E-state index >= 15 is 0 Å². The Hall–Kier alpha value is -1.03. The molecule has 4 nitrogen and oxygen atoms in total. The summed E-state index contributed by atoms with van der Waals surface area (Å²) in [5, 5.41) is 5.27. The zero-order chi connectivity index (χ0) is 14.0. The van der Waals surface area contributed by atoms with Gasteiger partial charge in [0.25, 0.3) is 0 Å². The highest BCUT2D eigenvalue weighted by Gasteiger charge is 2.24. The first-order valence-electron chi connectivity index (χ1n) is 6.96. The van der Waals surface area contributed by atoms with E-state index in [1.54, 1.807) is 29.9 Å². The lowest BCUT2D eigenvalue weighted by Gasteiger charge is -2.20. The van der Waals surface area contributed by atoms with Crippen molar-refractivity contribution >= 4 is 17.5 Å². The molecule has 0 bridgehead atoms. The molecule has 1 atom stereocenters. The van der Waals surface area contributed by atoms with Crippen LogP contribution >= 0.6 is 11.6 Å². The molecule has 19 heavy (non-hydrogen) atoms. The molecule has 1 saturated carbocycles. The Morgan fingerprint density at radius 2 is 2.05 bits per heavy atom. The predicted molar refractivity (Wildman–Crippen MR) is 76.5 cm³/mol. The molecule has 0 saturated heterocycles. The molecule has 0 spiro atoms. The van der Waals surface area contributed by atoms with Crippen LogP contribution in [0.4, 0.5) is 0 Å². The van der Waals surface area contributed by atoms with E-state index in [-0.39, 0.29) is 11.9 Å². The van der Waals surface area contributed by atoms with Crippen LogP contribution in [0.2, 0.25) is 5.02 Å². The van der Waals surface area contributed by atoms with E-state index in [0.29, 0.717) is 10.9 Å². The zero-order valence-electron chi connectivity index (χ0n) is 11.9. The van der Waals surface area contributed by atoms with Crippen molar-refractivity contribution in [2.45, 2.75) is 51.0 Å². The summed E-state index contributed by atoms with van der Waals surface area (Å²) in [6.07, 6.45) is 7.92. The second-order valence-electron chi connectivity index (χ2n) is 5.59. The molecule has 1 aliphatic rings. The van der Waals surface area contributed by atoms with Crippen LogP contribution in [0.15, 0.2) is 6.20 Å². The highest BCUT2D eigenvalue weighted by Crippen LogP contribution is 2.35. The van der Waals surface area contributed by atoms with Gasteiger partial charge in [-0.05, 0) is 19.8 Å². The molecular formula is C14H22ClN3O. The van der Waals surface area contributed by atoms with Crippen molar-refractivity contribution in [1.82, 2.24) is 14.7 Å². The van der Waals surface area contributed by atoms with Crippen LogP contribution in [0, 0.1) is 0 Å². The van der Waals surface area contributed by atoms with Gasteiger partial charge in [-0.3, -0.25) is 9.48 Å². The molecule has 0 radical (unpaired) electrons. The third-order valence-corrected chi connectivity index (χ3v) is 4.19. The van der Waals surface area contributed by atoms with Gasteiger partial charge >= 0.3 is 0 Å². The van der Waals surface area contributed by atoms with Crippen LogP contribution in [0.1, 0.15) is 56.7 Å². The largest absolute Gasteiger partial charge is 0.347 e. The monoisotopic (exact) mass is 283 g/mol. The fraction of sp³-hybridized carbons (Fsp3) is 0.714. The minimum Gasteiger partial charge on any atom is -0.347 e. The average Bonchev–Trinajstić information content (AvgIpc) is 2.80. The van der Waals surface area contributed by atoms with Crippen LogP contribution in [0.25, 0.3) is 0 Å². The molecule has 1 aliphatic carbocycles. The molecule has 1 aromatic rings. The molecule has 2 rings (SSSR count). The number of halogens is 1. The Kier molecular flexibility index (Phi) is 4.50. The van der Waals surface area contributed by atoms with E-state index in [4.69, 9.17) is 11.6 Å². The third kappa shape index (κ3) is 3.11. The molecule has 0 aromatic carbocycles. The quantitative estimate of drug-likeness (QED) is 0.854. The molecule has 1 heterocycles. The van der Waals surface area contributed by atoms with Gasteiger partial charge in [0.1, 0.15) is 6.04 Å². The van der Waals surface area contributed by atoms with E-state index in [2.05, 4.69) is 5.10 Å². The normalized spacial score (nSPS) is 18.3. The van der Waals surface area contributed by atoms with Crippen LogP contribution in [-0.2, 0) is 4.79 Å². The summed E-state index contributed by atoms with van der Waals surface area (Å²) in [5.74, 6) is 0.499. The zero-order valence-corrected chi connectivity index (χ0v) is 12.7. The second kappa shape index (κ2) is 5.95. The van der Waals surface area contributed by atoms with Gasteiger partial charge in [0.15, 0.2) is 0 Å². The number of amides is 1. The summed E-state index contributed by atoms with van der Waals surface area (Å²) in [6.45, 7) is 1.86. The van der Waals surface area contributed by atoms with Crippen molar-refractivity contribution in [1.29, 1.82) is 0 Å². The van der Waals surface area contributed by atoms with Gasteiger partial charge < -0.3 is 4.90 Å². The molecule has 1 amide bonds. The first-order chi connectivity index (χ1) is 9.00. The van der Waals surface area contributed by atoms with Gasteiger partial charge in [-0.25, -0.2) is 0 Å². The number of carbonyl (C=O) groups excluding carboxylic acids is 1. The molecule has 1 fully saturated rings. The number of likely N-dealkylation sites (N-methyl/N-ethyl adjacent to an activating group) is 1. The highest BCUT2D eigenvalue weighted by molar-refractivity contribution is 6.31. The summed E-state index contributed by atoms with van der Waals surface area (Å²) in [5.41, 5.74) is 0.972. The summed E-state index contributed by atoms with van der Waals surface area (Å²) in [7, 11) is 3.51. The lowest BCUT2D eigenvalue weighted by Crippen LogP contribution is -2.30. The van der Waals surface area contributed by atoms with Crippen molar-refractivity contribution in [2.75, 3.05) is 14.1 Å². The highest BCUT2D eigenvalue weighted by atomic mass is 35.5. The van der Waals surface area contributed by atoms with Gasteiger partial charge in [0.2, 0.25) is 5.91 Å². The number of carbonyl (C=O) groups is 1. The molecule has 0 aliphatic heterocycles. The Labute approximate surface area is 119 Å². The first-order valence-corrected chi connectivity index (χ1v) is 7.34. The SMILES string of the molecule is CC(C(=O)N(C)C)n1cc(Cl)c(C2CCCCC2)n1. The van der Waals surface area contributed by atoms with E-state index < -0.39 is 0 Å². The van der Waals surface area contributed by atoms with Crippen molar-refractivity contribution in [2.24, 2.45) is 0 Å². The fourth-order valence-electron chi connectivity index (χ4n) is 2.72. The fourth-order valence-corrected chi connectivity index (χ4v) is 3.01. The number of hydrogen-bond acceptors (Lipinski definition) is 2. The van der Waals surface area contributed by atoms with Crippen LogP contribution in [0.5, 0.6) is 0 Å².